The maximum atomic E-state index is 14.5. The van der Waals surface area contributed by atoms with E-state index in [1.54, 1.807) is 37.8 Å². The van der Waals surface area contributed by atoms with Crippen LogP contribution in [0, 0.1) is 49.7 Å². The first-order valence-electron chi connectivity index (χ1n) is 28.2. The molecule has 0 aromatic heterocycles. The van der Waals surface area contributed by atoms with Gasteiger partial charge in [0, 0.05) is 56.5 Å². The first kappa shape index (κ1) is 57.6. The molecule has 430 valence electrons. The van der Waals surface area contributed by atoms with Gasteiger partial charge in [0.1, 0.15) is 28.8 Å². The normalized spacial score (nSPS) is 35.1. The highest BCUT2D eigenvalue weighted by molar-refractivity contribution is 7.88. The van der Waals surface area contributed by atoms with Crippen molar-refractivity contribution in [1.29, 1.82) is 0 Å². The van der Waals surface area contributed by atoms with Crippen LogP contribution in [0.1, 0.15) is 159 Å². The van der Waals surface area contributed by atoms with Crippen LogP contribution in [0.5, 0.6) is 0 Å². The molecule has 6 N–H and O–H groups in total. The monoisotopic (exact) mass is 1110 g/mol. The summed E-state index contributed by atoms with van der Waals surface area (Å²) in [6, 6.07) is -2.26. The van der Waals surface area contributed by atoms with Crippen molar-refractivity contribution in [3.63, 3.8) is 0 Å². The highest BCUT2D eigenvalue weighted by Gasteiger charge is 2.86. The van der Waals surface area contributed by atoms with E-state index in [0.29, 0.717) is 51.0 Å². The highest BCUT2D eigenvalue weighted by atomic mass is 32.2. The van der Waals surface area contributed by atoms with Crippen LogP contribution >= 0.6 is 0 Å². The predicted octanol–water partition coefficient (Wildman–Crippen LogP) is 4.30. The number of rotatable bonds is 14. The average Bonchev–Trinajstić information content (AvgIpc) is 4.13. The van der Waals surface area contributed by atoms with Gasteiger partial charge in [0.2, 0.25) is 17.7 Å². The third-order valence-electron chi connectivity index (χ3n) is 21.5. The first-order valence-corrected chi connectivity index (χ1v) is 31.1. The molecule has 10 rings (SSSR count). The zero-order chi connectivity index (χ0) is 56.6. The molecule has 6 aliphatic carbocycles. The van der Waals surface area contributed by atoms with Crippen molar-refractivity contribution in [2.24, 2.45) is 49.7 Å². The first-order chi connectivity index (χ1) is 35.6. The molecule has 6 saturated carbocycles. The number of nitrogens with one attached hydrogen (secondary N) is 6. The lowest BCUT2D eigenvalue weighted by molar-refractivity contribution is -0.143. The van der Waals surface area contributed by atoms with Crippen LogP contribution in [0.3, 0.4) is 0 Å². The summed E-state index contributed by atoms with van der Waals surface area (Å²) in [5.41, 5.74) is -3.85. The summed E-state index contributed by atoms with van der Waals surface area (Å²) in [6.07, 6.45) is 14.1. The number of hydrogen-bond acceptors (Lipinski definition) is 12. The minimum atomic E-state index is -4.07. The lowest BCUT2D eigenvalue weighted by Crippen LogP contribution is -2.60. The summed E-state index contributed by atoms with van der Waals surface area (Å²) in [4.78, 5) is 83.2. The van der Waals surface area contributed by atoms with Crippen LogP contribution in [0.4, 0.5) is 4.79 Å². The maximum Gasteiger partial charge on any atom is 0.408 e. The molecule has 0 bridgehead atoms. The number of amides is 6. The van der Waals surface area contributed by atoms with E-state index in [0.717, 1.165) is 57.9 Å². The number of nitrogens with zero attached hydrogens (tertiary/aromatic N) is 3. The maximum absolute atomic E-state index is 14.5. The molecule has 0 radical (unpaired) electrons. The number of carbonyl (C=O) groups excluding carboxylic acids is 6. The molecule has 0 unspecified atom stereocenters. The largest absolute Gasteiger partial charge is 0.444 e. The second kappa shape index (κ2) is 18.7. The highest BCUT2D eigenvalue weighted by Crippen LogP contribution is 2.89. The number of hydrogen-bond donors (Lipinski definition) is 6. The van der Waals surface area contributed by atoms with E-state index in [9.17, 15) is 45.6 Å². The summed E-state index contributed by atoms with van der Waals surface area (Å²) >= 11 is 0. The van der Waals surface area contributed by atoms with E-state index in [1.807, 2.05) is 20.8 Å². The van der Waals surface area contributed by atoms with Gasteiger partial charge >= 0.3 is 26.5 Å². The Balaban J connectivity index is 0.000000202. The van der Waals surface area contributed by atoms with Crippen molar-refractivity contribution in [3.8, 4) is 0 Å². The molecule has 4 saturated heterocycles. The van der Waals surface area contributed by atoms with Gasteiger partial charge in [0.05, 0.1) is 6.04 Å². The summed E-state index contributed by atoms with van der Waals surface area (Å²) in [7, 11) is -7.96. The van der Waals surface area contributed by atoms with Gasteiger partial charge in [-0.1, -0.05) is 73.5 Å². The molecular weight excluding hydrogens is 1030 g/mol. The zero-order valence-electron chi connectivity index (χ0n) is 47.2. The van der Waals surface area contributed by atoms with Crippen molar-refractivity contribution in [2.45, 2.75) is 194 Å². The second-order valence-electron chi connectivity index (χ2n) is 27.7. The molecule has 0 aromatic carbocycles. The quantitative estimate of drug-likeness (QED) is 0.133. The fourth-order valence-electron chi connectivity index (χ4n) is 16.1. The van der Waals surface area contributed by atoms with Crippen molar-refractivity contribution in [1.82, 2.24) is 44.2 Å². The smallest absolute Gasteiger partial charge is 0.408 e. The lowest BCUT2D eigenvalue weighted by Gasteiger charge is -2.36. The Hall–Kier alpha value is -4.12. The topological polar surface area (TPSA) is 262 Å². The molecule has 20 nitrogen and oxygen atoms in total. The fourth-order valence-corrected chi connectivity index (χ4v) is 18.7. The number of alkyl carbamates (subject to hydrolysis) is 1. The zero-order valence-corrected chi connectivity index (χ0v) is 48.9. The van der Waals surface area contributed by atoms with E-state index in [1.165, 1.54) is 27.9 Å². The molecule has 22 heteroatoms. The molecule has 10 aliphatic rings. The number of likely N-dealkylation sites (tertiary alicyclic amines) is 1. The fraction of sp³-hybridized carbons (Fsp3) is 0.818. The van der Waals surface area contributed by atoms with Crippen LogP contribution in [-0.4, -0.2) is 140 Å². The molecule has 0 aromatic rings. The molecule has 4 spiro atoms. The minimum absolute atomic E-state index is 0.0193. The predicted molar refractivity (Wildman–Crippen MR) is 288 cm³/mol. The molecule has 9 atom stereocenters. The standard InChI is InChI=1S/C33H53N5O7S.C22H34N4O4S/c1-10-21-18-33(21,26(41)36-46(43,44)37-16-11-12-17-37)35-24(39)22-19-32(30(8,9)31(32)14-13-15-31)20-38(22)25(40)23(28(2,3)4)34-27(42)45-29(5,6)7;1-4-15-12-22(15,18(28)25-31(29,30)26-10-5-6-11-26)24-17(27)16-13-21(14-23-16)19(2,3)20(21)8-7-9-20/h10,21-23H,1,11-20H2,2-9H3,(H,34,42)(H,35,39)(H,36,41);4,15-16,23H,1,5-14H2,2-3H3,(H,24,27)(H,25,28)/t21-,22+,23-,32-,33-;15-,16+,21-,22-/m11/s1. The van der Waals surface area contributed by atoms with Crippen LogP contribution in [0.15, 0.2) is 25.3 Å². The Labute approximate surface area is 456 Å². The molecular formula is C55H87N9O11S2. The van der Waals surface area contributed by atoms with Crippen LogP contribution < -0.4 is 30.7 Å². The van der Waals surface area contributed by atoms with E-state index < -0.39 is 90.2 Å². The van der Waals surface area contributed by atoms with Crippen LogP contribution in [0.25, 0.3) is 0 Å². The van der Waals surface area contributed by atoms with Crippen molar-refractivity contribution in [2.75, 3.05) is 39.3 Å². The van der Waals surface area contributed by atoms with E-state index in [4.69, 9.17) is 4.74 Å². The third-order valence-corrected chi connectivity index (χ3v) is 24.5. The third kappa shape index (κ3) is 8.96. The van der Waals surface area contributed by atoms with Gasteiger partial charge in [0.15, 0.2) is 0 Å². The minimum Gasteiger partial charge on any atom is -0.444 e. The number of ether oxygens (including phenoxy) is 1. The molecule has 10 fully saturated rings. The van der Waals surface area contributed by atoms with Gasteiger partial charge in [-0.3, -0.25) is 24.0 Å². The van der Waals surface area contributed by atoms with E-state index in [-0.39, 0.29) is 51.4 Å². The van der Waals surface area contributed by atoms with Gasteiger partial charge in [-0.2, -0.15) is 25.4 Å². The van der Waals surface area contributed by atoms with Gasteiger partial charge in [0.25, 0.3) is 11.8 Å². The molecule has 77 heavy (non-hydrogen) atoms. The summed E-state index contributed by atoms with van der Waals surface area (Å²) in [6.45, 7) is 30.1. The van der Waals surface area contributed by atoms with Crippen molar-refractivity contribution < 1.29 is 50.3 Å². The SMILES string of the molecule is C=C[C@@H]1C[C@]1(NC(=O)[C@@H]1C[C@@]2(CN1)C(C)(C)C21CCC1)C(=O)NS(=O)(=O)N1CCCC1.C=C[C@@H]1C[C@]1(NC(=O)[C@@H]1C[C@@]2(CN1C(=O)[C@@H](NC(=O)OC(C)(C)C)C(C)(C)C)C(C)(C)C21CCC1)C(=O)NS(=O)(=O)N1CCCC1. The summed E-state index contributed by atoms with van der Waals surface area (Å²) in [5.74, 6) is -3.30. The Morgan fingerprint density at radius 1 is 0.623 bits per heavy atom. The summed E-state index contributed by atoms with van der Waals surface area (Å²) in [5, 5.41) is 12.0. The Kier molecular flexibility index (Phi) is 14.0. The number of fused-ring (bicyclic) bond motifs is 2. The molecule has 4 aliphatic heterocycles. The average molecular weight is 1110 g/mol. The second-order valence-corrected chi connectivity index (χ2v) is 31.0. The van der Waals surface area contributed by atoms with Gasteiger partial charge in [-0.25, -0.2) is 14.2 Å². The van der Waals surface area contributed by atoms with Crippen molar-refractivity contribution >= 4 is 56.0 Å². The summed E-state index contributed by atoms with van der Waals surface area (Å²) < 4.78 is 63.5. The van der Waals surface area contributed by atoms with Crippen molar-refractivity contribution in [3.05, 3.63) is 25.3 Å². The molecule has 6 amide bonds. The lowest BCUT2D eigenvalue weighted by atomic mass is 9.73. The van der Waals surface area contributed by atoms with Crippen LogP contribution in [-0.2, 0) is 49.1 Å². The van der Waals surface area contributed by atoms with E-state index in [2.05, 4.69) is 71.6 Å². The molecule has 4 heterocycles. The van der Waals surface area contributed by atoms with Gasteiger partial charge in [-0.15, -0.1) is 13.2 Å². The Morgan fingerprint density at radius 3 is 1.44 bits per heavy atom. The van der Waals surface area contributed by atoms with E-state index >= 15 is 0 Å². The van der Waals surface area contributed by atoms with Gasteiger partial charge in [-0.05, 0) is 130 Å². The Bertz CT molecular complexity index is 2720. The van der Waals surface area contributed by atoms with Crippen LogP contribution in [0.2, 0.25) is 0 Å². The van der Waals surface area contributed by atoms with Gasteiger partial charge < -0.3 is 30.9 Å². The number of carbonyl (C=O) groups is 6. The Morgan fingerprint density at radius 2 is 1.06 bits per heavy atom.